The smallest absolute Gasteiger partial charge is 0.0276 e. The van der Waals surface area contributed by atoms with Crippen LogP contribution in [-0.2, 0) is 6.42 Å². The fraction of sp³-hybridized carbons (Fsp3) is 0.263. The molecule has 0 aliphatic rings. The summed E-state index contributed by atoms with van der Waals surface area (Å²) < 4.78 is 0. The molecular weight excluding hydrogens is 242 g/mol. The zero-order valence-electron chi connectivity index (χ0n) is 12.4. The van der Waals surface area contributed by atoms with Crippen LogP contribution < -0.4 is 5.73 Å². The van der Waals surface area contributed by atoms with Crippen LogP contribution in [0.1, 0.15) is 36.5 Å². The maximum Gasteiger partial charge on any atom is 0.0276 e. The Bertz CT molecular complexity index is 565. The summed E-state index contributed by atoms with van der Waals surface area (Å²) in [6.45, 7) is 7.94. The molecule has 0 saturated heterocycles. The molecular formula is C19H23N. The van der Waals surface area contributed by atoms with E-state index in [2.05, 4.69) is 50.5 Å². The number of aryl methyl sites for hydroxylation is 2. The van der Waals surface area contributed by atoms with E-state index in [-0.39, 0.29) is 0 Å². The maximum absolute atomic E-state index is 5.41. The quantitative estimate of drug-likeness (QED) is 0.624. The molecule has 1 heteroatoms. The van der Waals surface area contributed by atoms with E-state index in [0.717, 1.165) is 18.4 Å². The average molecular weight is 265 g/mol. The first-order valence-corrected chi connectivity index (χ1v) is 6.99. The van der Waals surface area contributed by atoms with Crippen LogP contribution in [0.5, 0.6) is 0 Å². The van der Waals surface area contributed by atoms with E-state index >= 15 is 0 Å². The fourth-order valence-corrected chi connectivity index (χ4v) is 1.86. The summed E-state index contributed by atoms with van der Waals surface area (Å²) in [7, 11) is 0. The summed E-state index contributed by atoms with van der Waals surface area (Å²) in [6.07, 6.45) is 10.6. The molecule has 20 heavy (non-hydrogen) atoms. The number of hydrogen-bond acceptors (Lipinski definition) is 1. The predicted molar refractivity (Wildman–Crippen MR) is 88.3 cm³/mol. The Labute approximate surface area is 122 Å². The van der Waals surface area contributed by atoms with Crippen LogP contribution in [0, 0.1) is 18.8 Å². The molecule has 0 aliphatic heterocycles. The summed E-state index contributed by atoms with van der Waals surface area (Å²) in [6, 6.07) is 6.46. The van der Waals surface area contributed by atoms with Crippen LogP contribution in [0.2, 0.25) is 0 Å². The molecule has 0 saturated carbocycles. The number of benzene rings is 1. The summed E-state index contributed by atoms with van der Waals surface area (Å²) in [5, 5.41) is 0. The van der Waals surface area contributed by atoms with Gasteiger partial charge in [-0.15, -0.1) is 0 Å². The third-order valence-electron chi connectivity index (χ3n) is 2.87. The second-order valence-electron chi connectivity index (χ2n) is 4.76. The highest BCUT2D eigenvalue weighted by atomic mass is 14.5. The molecule has 0 unspecified atom stereocenters. The molecule has 1 nitrogen and oxygen atoms in total. The Morgan fingerprint density at radius 2 is 2.15 bits per heavy atom. The lowest BCUT2D eigenvalue weighted by Crippen LogP contribution is -1.89. The van der Waals surface area contributed by atoms with Crippen molar-refractivity contribution in [1.82, 2.24) is 0 Å². The average Bonchev–Trinajstić information content (AvgIpc) is 2.40. The second-order valence-corrected chi connectivity index (χ2v) is 4.76. The van der Waals surface area contributed by atoms with Crippen LogP contribution in [0.25, 0.3) is 0 Å². The van der Waals surface area contributed by atoms with Gasteiger partial charge in [-0.3, -0.25) is 0 Å². The Balaban J connectivity index is 2.55. The first kappa shape index (κ1) is 15.9. The number of rotatable bonds is 5. The Hall–Kier alpha value is -2.20. The van der Waals surface area contributed by atoms with E-state index in [0.29, 0.717) is 5.70 Å². The molecule has 0 heterocycles. The lowest BCUT2D eigenvalue weighted by Gasteiger charge is -2.03. The van der Waals surface area contributed by atoms with Gasteiger partial charge in [-0.1, -0.05) is 56.1 Å². The van der Waals surface area contributed by atoms with Crippen LogP contribution in [0.3, 0.4) is 0 Å². The van der Waals surface area contributed by atoms with Crippen molar-refractivity contribution >= 4 is 0 Å². The summed E-state index contributed by atoms with van der Waals surface area (Å²) in [4.78, 5) is 0. The van der Waals surface area contributed by atoms with E-state index in [1.807, 2.05) is 18.2 Å². The lowest BCUT2D eigenvalue weighted by molar-refractivity contribution is 0.912. The molecule has 1 aromatic rings. The predicted octanol–water partition coefficient (Wildman–Crippen LogP) is 4.27. The fourth-order valence-electron chi connectivity index (χ4n) is 1.86. The monoisotopic (exact) mass is 265 g/mol. The van der Waals surface area contributed by atoms with E-state index in [1.54, 1.807) is 6.08 Å². The van der Waals surface area contributed by atoms with Gasteiger partial charge in [0.15, 0.2) is 0 Å². The van der Waals surface area contributed by atoms with Gasteiger partial charge in [0.2, 0.25) is 0 Å². The van der Waals surface area contributed by atoms with E-state index in [1.165, 1.54) is 17.5 Å². The molecule has 0 atom stereocenters. The number of allylic oxidation sites excluding steroid dienone is 4. The van der Waals surface area contributed by atoms with Crippen molar-refractivity contribution in [3.63, 3.8) is 0 Å². The van der Waals surface area contributed by atoms with Gasteiger partial charge < -0.3 is 5.73 Å². The largest absolute Gasteiger partial charge is 0.399 e. The molecule has 0 radical (unpaired) electrons. The first-order valence-electron chi connectivity index (χ1n) is 6.99. The summed E-state index contributed by atoms with van der Waals surface area (Å²) in [5.41, 5.74) is 9.81. The Kier molecular flexibility index (Phi) is 7.00. The van der Waals surface area contributed by atoms with Crippen molar-refractivity contribution in [3.05, 3.63) is 71.5 Å². The number of nitrogens with two attached hydrogens (primary N) is 1. The maximum atomic E-state index is 5.41. The zero-order chi connectivity index (χ0) is 14.8. The SMILES string of the molecule is C=C(N)/C=C\C=C/CC#Cc1ccc(CCC)c(C)c1. The summed E-state index contributed by atoms with van der Waals surface area (Å²) >= 11 is 0. The van der Waals surface area contributed by atoms with Gasteiger partial charge in [0.1, 0.15) is 0 Å². The van der Waals surface area contributed by atoms with Gasteiger partial charge in [0.05, 0.1) is 0 Å². The second kappa shape index (κ2) is 8.82. The van der Waals surface area contributed by atoms with Crippen LogP contribution in [-0.4, -0.2) is 0 Å². The van der Waals surface area contributed by atoms with Crippen LogP contribution in [0.4, 0.5) is 0 Å². The van der Waals surface area contributed by atoms with Crippen molar-refractivity contribution in [3.8, 4) is 11.8 Å². The third kappa shape index (κ3) is 6.11. The molecule has 1 aromatic carbocycles. The molecule has 0 bridgehead atoms. The molecule has 0 aliphatic carbocycles. The molecule has 1 rings (SSSR count). The number of hydrogen-bond donors (Lipinski definition) is 1. The topological polar surface area (TPSA) is 26.0 Å². The van der Waals surface area contributed by atoms with Gasteiger partial charge in [0, 0.05) is 17.7 Å². The summed E-state index contributed by atoms with van der Waals surface area (Å²) in [5.74, 6) is 6.33. The van der Waals surface area contributed by atoms with Crippen molar-refractivity contribution in [2.75, 3.05) is 0 Å². The standard InChI is InChI=1S/C19H23N/c1-4-10-19-14-13-18(15-16(19)2)12-9-7-5-6-8-11-17(3)20/h5-6,8,11,13-15H,3-4,7,10,20H2,1-2H3/b6-5-,11-8-. The van der Waals surface area contributed by atoms with E-state index < -0.39 is 0 Å². The minimum atomic E-state index is 0.559. The molecule has 0 amide bonds. The highest BCUT2D eigenvalue weighted by Gasteiger charge is 1.97. The van der Waals surface area contributed by atoms with Gasteiger partial charge >= 0.3 is 0 Å². The van der Waals surface area contributed by atoms with Crippen molar-refractivity contribution in [1.29, 1.82) is 0 Å². The third-order valence-corrected chi connectivity index (χ3v) is 2.87. The van der Waals surface area contributed by atoms with Crippen LogP contribution >= 0.6 is 0 Å². The van der Waals surface area contributed by atoms with E-state index in [9.17, 15) is 0 Å². The van der Waals surface area contributed by atoms with Gasteiger partial charge in [-0.25, -0.2) is 0 Å². The molecule has 0 fully saturated rings. The minimum Gasteiger partial charge on any atom is -0.399 e. The van der Waals surface area contributed by atoms with Crippen LogP contribution in [0.15, 0.2) is 54.8 Å². The molecule has 2 N–H and O–H groups in total. The molecule has 0 spiro atoms. The Morgan fingerprint density at radius 1 is 1.35 bits per heavy atom. The van der Waals surface area contributed by atoms with Gasteiger partial charge in [-0.05, 0) is 42.7 Å². The first-order chi connectivity index (χ1) is 9.63. The van der Waals surface area contributed by atoms with Gasteiger partial charge in [0.25, 0.3) is 0 Å². The lowest BCUT2D eigenvalue weighted by atomic mass is 10.0. The highest BCUT2D eigenvalue weighted by molar-refractivity contribution is 5.40. The minimum absolute atomic E-state index is 0.559. The van der Waals surface area contributed by atoms with Crippen molar-refractivity contribution in [2.24, 2.45) is 5.73 Å². The van der Waals surface area contributed by atoms with Gasteiger partial charge in [-0.2, -0.15) is 0 Å². The highest BCUT2D eigenvalue weighted by Crippen LogP contribution is 2.12. The van der Waals surface area contributed by atoms with Crippen molar-refractivity contribution < 1.29 is 0 Å². The molecule has 104 valence electrons. The van der Waals surface area contributed by atoms with Crippen molar-refractivity contribution in [2.45, 2.75) is 33.1 Å². The Morgan fingerprint density at radius 3 is 2.80 bits per heavy atom. The normalized spacial score (nSPS) is 10.7. The zero-order valence-corrected chi connectivity index (χ0v) is 12.4. The molecule has 0 aromatic heterocycles. The van der Waals surface area contributed by atoms with E-state index in [4.69, 9.17) is 5.73 Å².